The number of aryl methyl sites for hydroxylation is 1. The largest absolute Gasteiger partial charge is 0.508 e. The Morgan fingerprint density at radius 2 is 1.93 bits per heavy atom. The van der Waals surface area contributed by atoms with E-state index in [1.807, 2.05) is 25.1 Å². The molecule has 3 nitrogen and oxygen atoms in total. The second kappa shape index (κ2) is 7.11. The number of halogens is 1. The number of rotatable bonds is 3. The fourth-order valence-electron chi connectivity index (χ4n) is 5.86. The second-order valence-electron chi connectivity index (χ2n) is 8.58. The summed E-state index contributed by atoms with van der Waals surface area (Å²) >= 11 is 6.16. The highest BCUT2D eigenvalue weighted by Crippen LogP contribution is 2.60. The molecule has 2 aromatic rings. The van der Waals surface area contributed by atoms with Gasteiger partial charge in [0.1, 0.15) is 5.75 Å². The normalized spacial score (nSPS) is 32.1. The van der Waals surface area contributed by atoms with Crippen molar-refractivity contribution in [2.45, 2.75) is 57.9 Å². The van der Waals surface area contributed by atoms with Gasteiger partial charge in [-0.25, -0.2) is 0 Å². The number of amides is 1. The Kier molecular flexibility index (Phi) is 4.91. The smallest absolute Gasteiger partial charge is 0.226 e. The molecule has 1 heterocycles. The van der Waals surface area contributed by atoms with Crippen molar-refractivity contribution in [3.05, 3.63) is 64.2 Å². The molecule has 28 heavy (non-hydrogen) atoms. The third-order valence-electron chi connectivity index (χ3n) is 7.18. The number of hydrogen-bond donors (Lipinski definition) is 2. The van der Waals surface area contributed by atoms with Crippen LogP contribution >= 0.6 is 11.6 Å². The van der Waals surface area contributed by atoms with Crippen molar-refractivity contribution in [2.24, 2.45) is 11.3 Å². The van der Waals surface area contributed by atoms with E-state index in [1.54, 1.807) is 0 Å². The zero-order chi connectivity index (χ0) is 20.1. The minimum atomic E-state index is -0.333. The lowest BCUT2D eigenvalue weighted by Crippen LogP contribution is -2.43. The van der Waals surface area contributed by atoms with Gasteiger partial charge in [-0.1, -0.05) is 42.8 Å². The van der Waals surface area contributed by atoms with Crippen LogP contribution in [-0.4, -0.2) is 17.1 Å². The Hall–Kier alpha value is -2.00. The molecule has 2 fully saturated rings. The highest BCUT2D eigenvalue weighted by molar-refractivity contribution is 6.30. The number of hydrogen-bond acceptors (Lipinski definition) is 2. The molecule has 1 aliphatic heterocycles. The van der Waals surface area contributed by atoms with E-state index in [0.717, 1.165) is 30.4 Å². The fraction of sp³-hybridized carbons (Fsp3) is 0.458. The Morgan fingerprint density at radius 3 is 2.57 bits per heavy atom. The van der Waals surface area contributed by atoms with Gasteiger partial charge in [0.2, 0.25) is 5.91 Å². The standard InChI is InChI=1S/C24H28ClNO2/c1-4-24-12-11-19(18-10-5-14(2)13-20(18)27)21(16-6-8-17(25)9-7-16)22(24)15(3)26-23(24)28/h5-10,13,15,19,21-22,27H,4,11-12H2,1-3H3,(H,26,28)/t15-,19+,21+,22+,24-/m1/s1. The summed E-state index contributed by atoms with van der Waals surface area (Å²) < 4.78 is 0. The third-order valence-corrected chi connectivity index (χ3v) is 7.43. The van der Waals surface area contributed by atoms with Gasteiger partial charge in [0, 0.05) is 17.0 Å². The zero-order valence-electron chi connectivity index (χ0n) is 16.7. The summed E-state index contributed by atoms with van der Waals surface area (Å²) in [6.45, 7) is 6.25. The molecular weight excluding hydrogens is 370 g/mol. The van der Waals surface area contributed by atoms with Gasteiger partial charge in [0.15, 0.2) is 0 Å². The van der Waals surface area contributed by atoms with E-state index in [1.165, 1.54) is 5.56 Å². The zero-order valence-corrected chi connectivity index (χ0v) is 17.5. The Bertz CT molecular complexity index is 894. The van der Waals surface area contributed by atoms with Crippen molar-refractivity contribution in [3.63, 3.8) is 0 Å². The van der Waals surface area contributed by atoms with Crippen LogP contribution in [0.15, 0.2) is 42.5 Å². The maximum Gasteiger partial charge on any atom is 0.226 e. The van der Waals surface area contributed by atoms with E-state index in [4.69, 9.17) is 11.6 Å². The first-order valence-electron chi connectivity index (χ1n) is 10.2. The summed E-state index contributed by atoms with van der Waals surface area (Å²) in [6.07, 6.45) is 2.57. The number of nitrogens with one attached hydrogen (secondary N) is 1. The van der Waals surface area contributed by atoms with Crippen LogP contribution in [0.3, 0.4) is 0 Å². The van der Waals surface area contributed by atoms with Crippen LogP contribution in [0, 0.1) is 18.3 Å². The highest BCUT2D eigenvalue weighted by Gasteiger charge is 2.59. The molecule has 1 amide bonds. The molecule has 2 aromatic carbocycles. The number of benzene rings is 2. The van der Waals surface area contributed by atoms with Crippen LogP contribution < -0.4 is 5.32 Å². The maximum atomic E-state index is 13.0. The van der Waals surface area contributed by atoms with Crippen LogP contribution in [-0.2, 0) is 4.79 Å². The number of carbonyl (C=O) groups excluding carboxylic acids is 1. The maximum absolute atomic E-state index is 13.0. The van der Waals surface area contributed by atoms with E-state index in [2.05, 4.69) is 43.4 Å². The first-order chi connectivity index (χ1) is 13.4. The summed E-state index contributed by atoms with van der Waals surface area (Å²) in [7, 11) is 0. The van der Waals surface area contributed by atoms with Crippen molar-refractivity contribution >= 4 is 17.5 Å². The number of fused-ring (bicyclic) bond motifs is 1. The summed E-state index contributed by atoms with van der Waals surface area (Å²) in [5.74, 6) is 1.05. The predicted octanol–water partition coefficient (Wildman–Crippen LogP) is 5.55. The molecular formula is C24H28ClNO2. The first-order valence-corrected chi connectivity index (χ1v) is 10.6. The summed E-state index contributed by atoms with van der Waals surface area (Å²) in [5.41, 5.74) is 2.90. The number of carbonyl (C=O) groups is 1. The van der Waals surface area contributed by atoms with Crippen LogP contribution in [0.5, 0.6) is 5.75 Å². The molecule has 0 unspecified atom stereocenters. The molecule has 148 valence electrons. The first kappa shape index (κ1) is 19.3. The number of aromatic hydroxyl groups is 1. The minimum absolute atomic E-state index is 0.100. The van der Waals surface area contributed by atoms with E-state index < -0.39 is 0 Å². The quantitative estimate of drug-likeness (QED) is 0.713. The van der Waals surface area contributed by atoms with Crippen LogP contribution in [0.1, 0.15) is 61.6 Å². The number of phenolic OH excluding ortho intramolecular Hbond substituents is 1. The molecule has 0 aromatic heterocycles. The molecule has 1 saturated heterocycles. The van der Waals surface area contributed by atoms with E-state index >= 15 is 0 Å². The van der Waals surface area contributed by atoms with Crippen LogP contribution in [0.25, 0.3) is 0 Å². The SMILES string of the molecule is CC[C@@]12CC[C@@H](c3ccc(C)cc3O)[C@H](c3ccc(Cl)cc3)[C@@H]1[C@@H](C)NC2=O. The second-order valence-corrected chi connectivity index (χ2v) is 9.02. The predicted molar refractivity (Wildman–Crippen MR) is 113 cm³/mol. The number of phenols is 1. The molecule has 5 atom stereocenters. The lowest BCUT2D eigenvalue weighted by molar-refractivity contribution is -0.131. The molecule has 1 saturated carbocycles. The molecule has 0 spiro atoms. The fourth-order valence-corrected chi connectivity index (χ4v) is 5.99. The van der Waals surface area contributed by atoms with Crippen molar-refractivity contribution in [1.29, 1.82) is 0 Å². The average molecular weight is 398 g/mol. The van der Waals surface area contributed by atoms with Gasteiger partial charge < -0.3 is 10.4 Å². The van der Waals surface area contributed by atoms with Gasteiger partial charge in [0.05, 0.1) is 5.41 Å². The van der Waals surface area contributed by atoms with Crippen LogP contribution in [0.4, 0.5) is 0 Å². The Labute approximate surface area is 172 Å². The van der Waals surface area contributed by atoms with E-state index in [-0.39, 0.29) is 35.1 Å². The lowest BCUT2D eigenvalue weighted by Gasteiger charge is -2.47. The summed E-state index contributed by atoms with van der Waals surface area (Å²) in [5, 5.41) is 14.7. The Balaban J connectivity index is 1.87. The van der Waals surface area contributed by atoms with Gasteiger partial charge in [-0.15, -0.1) is 0 Å². The van der Waals surface area contributed by atoms with Gasteiger partial charge >= 0.3 is 0 Å². The third kappa shape index (κ3) is 2.91. The molecule has 4 heteroatoms. The minimum Gasteiger partial charge on any atom is -0.508 e. The molecule has 2 N–H and O–H groups in total. The summed E-state index contributed by atoms with van der Waals surface area (Å²) in [4.78, 5) is 13.0. The molecule has 4 rings (SSSR count). The van der Waals surface area contributed by atoms with Crippen molar-refractivity contribution in [2.75, 3.05) is 0 Å². The molecule has 1 aliphatic carbocycles. The van der Waals surface area contributed by atoms with Crippen molar-refractivity contribution in [3.8, 4) is 5.75 Å². The van der Waals surface area contributed by atoms with Crippen LogP contribution in [0.2, 0.25) is 5.02 Å². The molecule has 0 bridgehead atoms. The van der Waals surface area contributed by atoms with E-state index in [0.29, 0.717) is 10.8 Å². The van der Waals surface area contributed by atoms with Gasteiger partial charge in [-0.3, -0.25) is 4.79 Å². The topological polar surface area (TPSA) is 49.3 Å². The highest BCUT2D eigenvalue weighted by atomic mass is 35.5. The molecule has 2 aliphatic rings. The Morgan fingerprint density at radius 1 is 1.21 bits per heavy atom. The summed E-state index contributed by atoms with van der Waals surface area (Å²) in [6, 6.07) is 14.1. The van der Waals surface area contributed by atoms with Gasteiger partial charge in [-0.2, -0.15) is 0 Å². The van der Waals surface area contributed by atoms with Gasteiger partial charge in [0.25, 0.3) is 0 Å². The monoisotopic (exact) mass is 397 g/mol. The molecule has 0 radical (unpaired) electrons. The average Bonchev–Trinajstić information content (AvgIpc) is 2.93. The van der Waals surface area contributed by atoms with Crippen molar-refractivity contribution in [1.82, 2.24) is 5.32 Å². The van der Waals surface area contributed by atoms with Gasteiger partial charge in [-0.05, 0) is 79.8 Å². The van der Waals surface area contributed by atoms with Crippen molar-refractivity contribution < 1.29 is 9.90 Å². The lowest BCUT2D eigenvalue weighted by atomic mass is 9.54. The van der Waals surface area contributed by atoms with E-state index in [9.17, 15) is 9.90 Å².